The predicted octanol–water partition coefficient (Wildman–Crippen LogP) is 4.24. The summed E-state index contributed by atoms with van der Waals surface area (Å²) < 4.78 is 5.57. The van der Waals surface area contributed by atoms with E-state index in [-0.39, 0.29) is 0 Å². The summed E-state index contributed by atoms with van der Waals surface area (Å²) in [4.78, 5) is 0. The second-order valence-corrected chi connectivity index (χ2v) is 5.04. The Kier molecular flexibility index (Phi) is 4.92. The highest BCUT2D eigenvalue weighted by Crippen LogP contribution is 2.22. The summed E-state index contributed by atoms with van der Waals surface area (Å²) in [5, 5.41) is 11.5. The molecule has 2 nitrogen and oxygen atoms in total. The molecule has 0 atom stereocenters. The third kappa shape index (κ3) is 3.46. The Morgan fingerprint density at radius 3 is 2.75 bits per heavy atom. The lowest BCUT2D eigenvalue weighted by Gasteiger charge is -2.08. The molecule has 2 aromatic rings. The summed E-state index contributed by atoms with van der Waals surface area (Å²) >= 11 is 0. The van der Waals surface area contributed by atoms with Crippen LogP contribution in [0.5, 0.6) is 0 Å². The summed E-state index contributed by atoms with van der Waals surface area (Å²) in [5.41, 5.74) is 3.09. The quantitative estimate of drug-likeness (QED) is 0.598. The number of hydrogen-bond acceptors (Lipinski definition) is 2. The standard InChI is InChI=1S/C18H19NO/c1-14(2)9-11-20-12-10-16-8-7-15-5-3-4-6-17(15)18(16)13-19/h3-9H,10-12H2,1-2H3. The van der Waals surface area contributed by atoms with Gasteiger partial charge in [0.05, 0.1) is 18.8 Å². The number of allylic oxidation sites excluding steroid dienone is 1. The zero-order valence-electron chi connectivity index (χ0n) is 12.0. The van der Waals surface area contributed by atoms with Gasteiger partial charge < -0.3 is 4.74 Å². The summed E-state index contributed by atoms with van der Waals surface area (Å²) in [7, 11) is 0. The fourth-order valence-corrected chi connectivity index (χ4v) is 2.15. The highest BCUT2D eigenvalue weighted by atomic mass is 16.5. The van der Waals surface area contributed by atoms with Crippen LogP contribution in [0.3, 0.4) is 0 Å². The largest absolute Gasteiger partial charge is 0.377 e. The molecule has 20 heavy (non-hydrogen) atoms. The lowest BCUT2D eigenvalue weighted by Crippen LogP contribution is -2.01. The van der Waals surface area contributed by atoms with E-state index in [1.54, 1.807) is 0 Å². The van der Waals surface area contributed by atoms with Gasteiger partial charge in [0, 0.05) is 0 Å². The molecule has 0 radical (unpaired) electrons. The maximum Gasteiger partial charge on any atom is 0.100 e. The molecule has 0 unspecified atom stereocenters. The van der Waals surface area contributed by atoms with E-state index in [9.17, 15) is 5.26 Å². The molecule has 2 heteroatoms. The van der Waals surface area contributed by atoms with Gasteiger partial charge in [0.2, 0.25) is 0 Å². The average Bonchev–Trinajstić information content (AvgIpc) is 2.46. The Labute approximate surface area is 120 Å². The van der Waals surface area contributed by atoms with Crippen LogP contribution in [0.4, 0.5) is 0 Å². The molecule has 0 aliphatic carbocycles. The van der Waals surface area contributed by atoms with Crippen LogP contribution >= 0.6 is 0 Å². The first-order valence-corrected chi connectivity index (χ1v) is 6.84. The predicted molar refractivity (Wildman–Crippen MR) is 82.6 cm³/mol. The number of rotatable bonds is 5. The first kappa shape index (κ1) is 14.3. The third-order valence-corrected chi connectivity index (χ3v) is 3.25. The maximum atomic E-state index is 9.39. The van der Waals surface area contributed by atoms with Crippen LogP contribution in [-0.4, -0.2) is 13.2 Å². The van der Waals surface area contributed by atoms with Crippen molar-refractivity contribution in [2.75, 3.05) is 13.2 Å². The van der Waals surface area contributed by atoms with Gasteiger partial charge in [0.25, 0.3) is 0 Å². The van der Waals surface area contributed by atoms with Gasteiger partial charge in [-0.05, 0) is 36.6 Å². The monoisotopic (exact) mass is 265 g/mol. The molecule has 2 rings (SSSR count). The SMILES string of the molecule is CC(C)=CCOCCc1ccc2ccccc2c1C#N. The van der Waals surface area contributed by atoms with Gasteiger partial charge in [-0.25, -0.2) is 0 Å². The van der Waals surface area contributed by atoms with E-state index in [1.165, 1.54) is 5.57 Å². The average molecular weight is 265 g/mol. The highest BCUT2D eigenvalue weighted by molar-refractivity contribution is 5.89. The molecule has 0 fully saturated rings. The van der Waals surface area contributed by atoms with Crippen molar-refractivity contribution in [3.63, 3.8) is 0 Å². The summed E-state index contributed by atoms with van der Waals surface area (Å²) in [5.74, 6) is 0. The second-order valence-electron chi connectivity index (χ2n) is 5.04. The van der Waals surface area contributed by atoms with Crippen LogP contribution in [0, 0.1) is 11.3 Å². The smallest absolute Gasteiger partial charge is 0.100 e. The van der Waals surface area contributed by atoms with Crippen molar-refractivity contribution < 1.29 is 4.74 Å². The Morgan fingerprint density at radius 2 is 2.00 bits per heavy atom. The van der Waals surface area contributed by atoms with Crippen molar-refractivity contribution in [2.45, 2.75) is 20.3 Å². The topological polar surface area (TPSA) is 33.0 Å². The molecule has 0 amide bonds. The van der Waals surface area contributed by atoms with Crippen molar-refractivity contribution in [3.8, 4) is 6.07 Å². The molecular weight excluding hydrogens is 246 g/mol. The normalized spacial score (nSPS) is 10.2. The molecule has 0 N–H and O–H groups in total. The Morgan fingerprint density at radius 1 is 1.20 bits per heavy atom. The molecule has 0 saturated heterocycles. The van der Waals surface area contributed by atoms with Crippen LogP contribution in [0.25, 0.3) is 10.8 Å². The van der Waals surface area contributed by atoms with Crippen molar-refractivity contribution in [3.05, 3.63) is 59.2 Å². The number of benzene rings is 2. The highest BCUT2D eigenvalue weighted by Gasteiger charge is 2.06. The molecule has 0 bridgehead atoms. The molecule has 2 aromatic carbocycles. The Balaban J connectivity index is 2.11. The first-order valence-electron chi connectivity index (χ1n) is 6.84. The zero-order valence-corrected chi connectivity index (χ0v) is 12.0. The number of ether oxygens (including phenoxy) is 1. The van der Waals surface area contributed by atoms with Gasteiger partial charge in [-0.1, -0.05) is 48.0 Å². The van der Waals surface area contributed by atoms with E-state index in [0.29, 0.717) is 13.2 Å². The molecule has 0 spiro atoms. The minimum absolute atomic E-state index is 0.636. The molecule has 0 aliphatic heterocycles. The Hall–Kier alpha value is -2.11. The summed E-state index contributed by atoms with van der Waals surface area (Å²) in [6.45, 7) is 5.38. The van der Waals surface area contributed by atoms with E-state index in [2.05, 4.69) is 32.1 Å². The van der Waals surface area contributed by atoms with Gasteiger partial charge >= 0.3 is 0 Å². The van der Waals surface area contributed by atoms with E-state index < -0.39 is 0 Å². The lowest BCUT2D eigenvalue weighted by molar-refractivity contribution is 0.165. The number of hydrogen-bond donors (Lipinski definition) is 0. The van der Waals surface area contributed by atoms with Gasteiger partial charge in [-0.2, -0.15) is 5.26 Å². The van der Waals surface area contributed by atoms with Crippen LogP contribution in [0.1, 0.15) is 25.0 Å². The van der Waals surface area contributed by atoms with Crippen molar-refractivity contribution in [1.29, 1.82) is 5.26 Å². The summed E-state index contributed by atoms with van der Waals surface area (Å²) in [6.07, 6.45) is 2.83. The van der Waals surface area contributed by atoms with Crippen LogP contribution < -0.4 is 0 Å². The molecule has 0 aliphatic rings. The van der Waals surface area contributed by atoms with Crippen LogP contribution in [0.15, 0.2) is 48.0 Å². The fourth-order valence-electron chi connectivity index (χ4n) is 2.15. The Bertz CT molecular complexity index is 661. The summed E-state index contributed by atoms with van der Waals surface area (Å²) in [6, 6.07) is 14.4. The molecule has 102 valence electrons. The molecule has 0 saturated carbocycles. The van der Waals surface area contributed by atoms with Crippen molar-refractivity contribution >= 4 is 10.8 Å². The molecule has 0 heterocycles. The maximum absolute atomic E-state index is 9.39. The first-order chi connectivity index (χ1) is 9.72. The van der Waals surface area contributed by atoms with E-state index in [0.717, 1.165) is 28.3 Å². The van der Waals surface area contributed by atoms with Crippen LogP contribution in [0.2, 0.25) is 0 Å². The van der Waals surface area contributed by atoms with E-state index >= 15 is 0 Å². The third-order valence-electron chi connectivity index (χ3n) is 3.25. The minimum Gasteiger partial charge on any atom is -0.377 e. The molecular formula is C18H19NO. The van der Waals surface area contributed by atoms with E-state index in [1.807, 2.05) is 30.3 Å². The van der Waals surface area contributed by atoms with Gasteiger partial charge in [-0.3, -0.25) is 0 Å². The minimum atomic E-state index is 0.636. The van der Waals surface area contributed by atoms with Gasteiger partial charge in [-0.15, -0.1) is 0 Å². The zero-order chi connectivity index (χ0) is 14.4. The van der Waals surface area contributed by atoms with E-state index in [4.69, 9.17) is 4.74 Å². The number of fused-ring (bicyclic) bond motifs is 1. The van der Waals surface area contributed by atoms with Gasteiger partial charge in [0.1, 0.15) is 6.07 Å². The molecule has 0 aromatic heterocycles. The van der Waals surface area contributed by atoms with Crippen LogP contribution in [-0.2, 0) is 11.2 Å². The van der Waals surface area contributed by atoms with Crippen molar-refractivity contribution in [1.82, 2.24) is 0 Å². The van der Waals surface area contributed by atoms with Crippen molar-refractivity contribution in [2.24, 2.45) is 0 Å². The fraction of sp³-hybridized carbons (Fsp3) is 0.278. The number of nitrogens with zero attached hydrogens (tertiary/aromatic N) is 1. The lowest BCUT2D eigenvalue weighted by atomic mass is 9.98. The second kappa shape index (κ2) is 6.88. The van der Waals surface area contributed by atoms with Gasteiger partial charge in [0.15, 0.2) is 0 Å². The number of nitriles is 1.